The molecule has 12 heteroatoms. The minimum absolute atomic E-state index is 0.0401. The number of likely N-dealkylation sites (tertiary alicyclic amines) is 1. The van der Waals surface area contributed by atoms with Crippen molar-refractivity contribution in [1.29, 1.82) is 0 Å². The highest BCUT2D eigenvalue weighted by Crippen LogP contribution is 2.35. The van der Waals surface area contributed by atoms with Gasteiger partial charge < -0.3 is 31.3 Å². The van der Waals surface area contributed by atoms with E-state index in [2.05, 4.69) is 16.0 Å². The molecule has 0 bridgehead atoms. The van der Waals surface area contributed by atoms with Gasteiger partial charge in [0.2, 0.25) is 17.6 Å². The summed E-state index contributed by atoms with van der Waals surface area (Å²) in [5, 5.41) is 8.23. The normalized spacial score (nSPS) is 22.5. The maximum atomic E-state index is 14.2. The van der Waals surface area contributed by atoms with E-state index in [1.165, 1.54) is 4.90 Å². The summed E-state index contributed by atoms with van der Waals surface area (Å²) in [7, 11) is 0. The number of rotatable bonds is 14. The molecule has 2 saturated carbocycles. The maximum absolute atomic E-state index is 14.2. The van der Waals surface area contributed by atoms with E-state index in [4.69, 9.17) is 10.5 Å². The molecule has 1 heterocycles. The molecule has 248 valence electrons. The zero-order chi connectivity index (χ0) is 32.9. The SMILES string of the molecule is CC(C)[C@H](NC(=O)N[C@H](C(=O)N1CC[C@H](C(C)C)[C@H]1C(=O)NC(CC1CCC1)C(=O)C(N)=O)C(C)(C)C)C(=O)OCC1CC1. The molecule has 0 aromatic carbocycles. The third kappa shape index (κ3) is 9.17. The van der Waals surface area contributed by atoms with E-state index in [0.29, 0.717) is 25.4 Å². The second kappa shape index (κ2) is 14.7. The number of carbonyl (C=O) groups is 6. The molecule has 1 unspecified atom stereocenters. The first-order chi connectivity index (χ1) is 20.5. The molecule has 5 atom stereocenters. The number of hydrogen-bond acceptors (Lipinski definition) is 7. The number of primary amides is 1. The second-order valence-corrected chi connectivity index (χ2v) is 14.7. The van der Waals surface area contributed by atoms with Gasteiger partial charge in [0.15, 0.2) is 0 Å². The van der Waals surface area contributed by atoms with Crippen LogP contribution in [-0.4, -0.2) is 77.7 Å². The molecule has 12 nitrogen and oxygen atoms in total. The maximum Gasteiger partial charge on any atom is 0.328 e. The lowest BCUT2D eigenvalue weighted by Gasteiger charge is -2.37. The standard InChI is InChI=1S/C32H53N5O7/c1-17(2)21-13-14-37(24(21)28(40)34-22(25(38)27(33)39)15-19-9-8-10-19)29(41)26(32(5,6)7)36-31(43)35-23(18(3)4)30(42)44-16-20-11-12-20/h17-24,26H,8-16H2,1-7H3,(H2,33,39)(H,34,40)(H2,35,36,43)/t21-,22?,23+,24+,26-/m1/s1. The molecule has 3 fully saturated rings. The second-order valence-electron chi connectivity index (χ2n) is 14.7. The van der Waals surface area contributed by atoms with Crippen LogP contribution in [0, 0.1) is 35.0 Å². The van der Waals surface area contributed by atoms with Crippen molar-refractivity contribution < 1.29 is 33.5 Å². The number of nitrogens with one attached hydrogen (secondary N) is 3. The van der Waals surface area contributed by atoms with Crippen LogP contribution in [0.25, 0.3) is 0 Å². The van der Waals surface area contributed by atoms with Crippen molar-refractivity contribution in [2.75, 3.05) is 13.2 Å². The molecule has 1 saturated heterocycles. The van der Waals surface area contributed by atoms with Gasteiger partial charge in [0, 0.05) is 6.54 Å². The number of ether oxygens (including phenoxy) is 1. The summed E-state index contributed by atoms with van der Waals surface area (Å²) in [5.74, 6) is -3.22. The molecule has 0 radical (unpaired) electrons. The molecule has 5 amide bonds. The largest absolute Gasteiger partial charge is 0.464 e. The average molecular weight is 620 g/mol. The average Bonchev–Trinajstić information content (AvgIpc) is 3.63. The van der Waals surface area contributed by atoms with Crippen molar-refractivity contribution in [1.82, 2.24) is 20.9 Å². The molecular formula is C32H53N5O7. The number of amides is 5. The van der Waals surface area contributed by atoms with E-state index >= 15 is 0 Å². The summed E-state index contributed by atoms with van der Waals surface area (Å²) in [6.45, 7) is 13.6. The molecule has 0 aromatic heterocycles. The quantitative estimate of drug-likeness (QED) is 0.170. The van der Waals surface area contributed by atoms with Gasteiger partial charge in [-0.25, -0.2) is 9.59 Å². The van der Waals surface area contributed by atoms with Gasteiger partial charge in [-0.1, -0.05) is 67.7 Å². The molecule has 1 aliphatic heterocycles. The fourth-order valence-corrected chi connectivity index (χ4v) is 6.02. The Labute approximate surface area is 261 Å². The number of nitrogens with zero attached hydrogens (tertiary/aromatic N) is 1. The van der Waals surface area contributed by atoms with Crippen LogP contribution in [-0.2, 0) is 28.7 Å². The van der Waals surface area contributed by atoms with Gasteiger partial charge in [0.1, 0.15) is 18.1 Å². The lowest BCUT2D eigenvalue weighted by atomic mass is 9.80. The number of ketones is 1. The Morgan fingerprint density at radius 3 is 2.00 bits per heavy atom. The topological polar surface area (TPSA) is 177 Å². The Morgan fingerprint density at radius 1 is 0.886 bits per heavy atom. The Balaban J connectivity index is 1.78. The van der Waals surface area contributed by atoms with Crippen LogP contribution in [0.4, 0.5) is 4.79 Å². The van der Waals surface area contributed by atoms with Gasteiger partial charge in [0.25, 0.3) is 5.91 Å². The number of hydrogen-bond donors (Lipinski definition) is 4. The van der Waals surface area contributed by atoms with Gasteiger partial charge in [-0.05, 0) is 60.7 Å². The highest BCUT2D eigenvalue weighted by molar-refractivity contribution is 6.37. The molecular weight excluding hydrogens is 566 g/mol. The zero-order valence-corrected chi connectivity index (χ0v) is 27.4. The molecule has 44 heavy (non-hydrogen) atoms. The molecule has 0 spiro atoms. The van der Waals surface area contributed by atoms with Crippen LogP contribution in [0.15, 0.2) is 0 Å². The summed E-state index contributed by atoms with van der Waals surface area (Å²) in [5.41, 5.74) is 4.56. The lowest BCUT2D eigenvalue weighted by molar-refractivity contribution is -0.147. The van der Waals surface area contributed by atoms with Crippen molar-refractivity contribution in [2.24, 2.45) is 40.7 Å². The van der Waals surface area contributed by atoms with E-state index in [-0.39, 0.29) is 30.2 Å². The summed E-state index contributed by atoms with van der Waals surface area (Å²) in [6.07, 6.45) is 5.80. The van der Waals surface area contributed by atoms with Gasteiger partial charge in [0.05, 0.1) is 12.6 Å². The van der Waals surface area contributed by atoms with Crippen molar-refractivity contribution in [3.05, 3.63) is 0 Å². The Hall–Kier alpha value is -3.18. The fraction of sp³-hybridized carbons (Fsp3) is 0.812. The van der Waals surface area contributed by atoms with Crippen molar-refractivity contribution in [3.63, 3.8) is 0 Å². The van der Waals surface area contributed by atoms with Gasteiger partial charge in [-0.15, -0.1) is 0 Å². The highest BCUT2D eigenvalue weighted by Gasteiger charge is 2.48. The van der Waals surface area contributed by atoms with E-state index in [1.807, 2.05) is 34.6 Å². The predicted molar refractivity (Wildman–Crippen MR) is 164 cm³/mol. The number of carbonyl (C=O) groups excluding carboxylic acids is 6. The minimum Gasteiger partial charge on any atom is -0.464 e. The third-order valence-corrected chi connectivity index (χ3v) is 9.28. The van der Waals surface area contributed by atoms with Crippen LogP contribution >= 0.6 is 0 Å². The third-order valence-electron chi connectivity index (χ3n) is 9.28. The van der Waals surface area contributed by atoms with Crippen molar-refractivity contribution >= 4 is 35.5 Å². The number of nitrogens with two attached hydrogens (primary N) is 1. The van der Waals surface area contributed by atoms with Gasteiger partial charge in [-0.3, -0.25) is 19.2 Å². The van der Waals surface area contributed by atoms with Crippen LogP contribution in [0.1, 0.15) is 93.4 Å². The van der Waals surface area contributed by atoms with Crippen LogP contribution < -0.4 is 21.7 Å². The first kappa shape index (κ1) is 35.3. The molecule has 2 aliphatic carbocycles. The molecule has 5 N–H and O–H groups in total. The molecule has 0 aromatic rings. The number of urea groups is 1. The van der Waals surface area contributed by atoms with Crippen molar-refractivity contribution in [3.8, 4) is 0 Å². The first-order valence-electron chi connectivity index (χ1n) is 16.2. The zero-order valence-electron chi connectivity index (χ0n) is 27.4. The monoisotopic (exact) mass is 619 g/mol. The Morgan fingerprint density at radius 2 is 1.52 bits per heavy atom. The van der Waals surface area contributed by atoms with Gasteiger partial charge >= 0.3 is 12.0 Å². The van der Waals surface area contributed by atoms with Gasteiger partial charge in [-0.2, -0.15) is 0 Å². The number of esters is 1. The smallest absolute Gasteiger partial charge is 0.328 e. The van der Waals surface area contributed by atoms with E-state index < -0.39 is 65.1 Å². The summed E-state index contributed by atoms with van der Waals surface area (Å²) in [6, 6.07) is -4.56. The lowest BCUT2D eigenvalue weighted by Crippen LogP contribution is -2.62. The fourth-order valence-electron chi connectivity index (χ4n) is 6.02. The number of Topliss-reactive ketones (excluding diaryl/α,β-unsaturated/α-hetero) is 1. The summed E-state index contributed by atoms with van der Waals surface area (Å²) in [4.78, 5) is 79.9. The van der Waals surface area contributed by atoms with E-state index in [0.717, 1.165) is 32.1 Å². The van der Waals surface area contributed by atoms with Crippen LogP contribution in [0.2, 0.25) is 0 Å². The van der Waals surface area contributed by atoms with Crippen LogP contribution in [0.5, 0.6) is 0 Å². The first-order valence-corrected chi connectivity index (χ1v) is 16.2. The highest BCUT2D eigenvalue weighted by atomic mass is 16.5. The van der Waals surface area contributed by atoms with E-state index in [1.54, 1.807) is 13.8 Å². The summed E-state index contributed by atoms with van der Waals surface area (Å²) >= 11 is 0. The minimum atomic E-state index is -1.10. The molecule has 3 aliphatic rings. The van der Waals surface area contributed by atoms with E-state index in [9.17, 15) is 28.8 Å². The van der Waals surface area contributed by atoms with Crippen LogP contribution in [0.3, 0.4) is 0 Å². The van der Waals surface area contributed by atoms with Crippen molar-refractivity contribution in [2.45, 2.75) is 118 Å². The summed E-state index contributed by atoms with van der Waals surface area (Å²) < 4.78 is 5.41. The predicted octanol–water partition coefficient (Wildman–Crippen LogP) is 2.28. The Kier molecular flexibility index (Phi) is 11.8. The Bertz CT molecular complexity index is 1090. The molecule has 3 rings (SSSR count).